The highest BCUT2D eigenvalue weighted by atomic mass is 16.5. The van der Waals surface area contributed by atoms with E-state index in [0.29, 0.717) is 19.0 Å². The van der Waals surface area contributed by atoms with Gasteiger partial charge in [0.15, 0.2) is 0 Å². The van der Waals surface area contributed by atoms with E-state index < -0.39 is 0 Å². The fourth-order valence-electron chi connectivity index (χ4n) is 2.62. The second-order valence-electron chi connectivity index (χ2n) is 5.75. The average molecular weight is 291 g/mol. The number of benzene rings is 1. The Morgan fingerprint density at radius 2 is 2.24 bits per heavy atom. The third kappa shape index (κ3) is 4.44. The number of methoxy groups -OCH3 is 1. The van der Waals surface area contributed by atoms with Crippen LogP contribution in [0.5, 0.6) is 5.75 Å². The first-order valence-corrected chi connectivity index (χ1v) is 7.46. The minimum absolute atomic E-state index is 0.0302. The van der Waals surface area contributed by atoms with Gasteiger partial charge in [-0.25, -0.2) is 0 Å². The van der Waals surface area contributed by atoms with Crippen molar-refractivity contribution in [3.63, 3.8) is 0 Å². The second-order valence-corrected chi connectivity index (χ2v) is 5.75. The van der Waals surface area contributed by atoms with Crippen LogP contribution in [0.4, 0.5) is 0 Å². The summed E-state index contributed by atoms with van der Waals surface area (Å²) < 4.78 is 5.28. The summed E-state index contributed by atoms with van der Waals surface area (Å²) in [5, 5.41) is 2.95. The molecule has 1 aliphatic heterocycles. The molecule has 1 aliphatic rings. The monoisotopic (exact) mass is 291 g/mol. The number of amides is 1. The predicted octanol–water partition coefficient (Wildman–Crippen LogP) is 0.981. The highest BCUT2D eigenvalue weighted by molar-refractivity contribution is 5.78. The Labute approximate surface area is 126 Å². The zero-order valence-electron chi connectivity index (χ0n) is 12.8. The number of carbonyl (C=O) groups is 1. The molecule has 1 aromatic rings. The number of likely N-dealkylation sites (tertiary alicyclic amines) is 1. The maximum atomic E-state index is 12.0. The largest absolute Gasteiger partial charge is 0.496 e. The minimum atomic E-state index is 0.0302. The van der Waals surface area contributed by atoms with Gasteiger partial charge in [0.05, 0.1) is 13.7 Å². The number of carbonyl (C=O) groups excluding carboxylic acids is 1. The molecule has 2 atom stereocenters. The molecule has 3 N–H and O–H groups in total. The Morgan fingerprint density at radius 3 is 2.95 bits per heavy atom. The molecule has 0 aromatic heterocycles. The van der Waals surface area contributed by atoms with Crippen molar-refractivity contribution in [1.29, 1.82) is 0 Å². The van der Waals surface area contributed by atoms with Crippen molar-refractivity contribution in [2.75, 3.05) is 26.7 Å². The summed E-state index contributed by atoms with van der Waals surface area (Å²) in [5.41, 5.74) is 7.04. The van der Waals surface area contributed by atoms with E-state index in [1.807, 2.05) is 24.3 Å². The molecule has 2 rings (SSSR count). The van der Waals surface area contributed by atoms with E-state index in [1.165, 1.54) is 0 Å². The molecule has 1 fully saturated rings. The molecule has 0 bridgehead atoms. The molecule has 21 heavy (non-hydrogen) atoms. The molecule has 5 nitrogen and oxygen atoms in total. The Kier molecular flexibility index (Phi) is 5.59. The number of nitrogens with one attached hydrogen (secondary N) is 1. The van der Waals surface area contributed by atoms with E-state index in [-0.39, 0.29) is 11.9 Å². The number of nitrogens with zero attached hydrogens (tertiary/aromatic N) is 1. The Morgan fingerprint density at radius 1 is 1.48 bits per heavy atom. The molecule has 1 saturated heterocycles. The number of hydrogen-bond acceptors (Lipinski definition) is 4. The molecular weight excluding hydrogens is 266 g/mol. The lowest BCUT2D eigenvalue weighted by Crippen LogP contribution is -2.50. The first kappa shape index (κ1) is 15.8. The van der Waals surface area contributed by atoms with Gasteiger partial charge in [-0.3, -0.25) is 9.69 Å². The average Bonchev–Trinajstić information content (AvgIpc) is 2.49. The summed E-state index contributed by atoms with van der Waals surface area (Å²) in [6.45, 7) is 4.80. The molecule has 0 radical (unpaired) electrons. The van der Waals surface area contributed by atoms with Crippen LogP contribution in [0.15, 0.2) is 24.3 Å². The summed E-state index contributed by atoms with van der Waals surface area (Å²) in [6.07, 6.45) is 1.06. The van der Waals surface area contributed by atoms with E-state index >= 15 is 0 Å². The standard InChI is InChI=1S/C16H25N3O2/c1-12-7-8-19(10-14(12)17)11-16(20)18-9-13-5-3-4-6-15(13)21-2/h3-6,12,14H,7-11,17H2,1-2H3,(H,18,20). The molecule has 0 saturated carbocycles. The van der Waals surface area contributed by atoms with Gasteiger partial charge >= 0.3 is 0 Å². The molecule has 1 amide bonds. The van der Waals surface area contributed by atoms with Crippen molar-refractivity contribution in [3.05, 3.63) is 29.8 Å². The van der Waals surface area contributed by atoms with Crippen molar-refractivity contribution in [1.82, 2.24) is 10.2 Å². The Balaban J connectivity index is 1.80. The number of piperidine rings is 1. The van der Waals surface area contributed by atoms with Crippen molar-refractivity contribution < 1.29 is 9.53 Å². The molecule has 116 valence electrons. The minimum Gasteiger partial charge on any atom is -0.496 e. The molecule has 0 aliphatic carbocycles. The van der Waals surface area contributed by atoms with Gasteiger partial charge in [-0.1, -0.05) is 25.1 Å². The van der Waals surface area contributed by atoms with Crippen LogP contribution in [0.25, 0.3) is 0 Å². The fraction of sp³-hybridized carbons (Fsp3) is 0.562. The van der Waals surface area contributed by atoms with Crippen LogP contribution < -0.4 is 15.8 Å². The summed E-state index contributed by atoms with van der Waals surface area (Å²) in [4.78, 5) is 14.2. The zero-order valence-corrected chi connectivity index (χ0v) is 12.8. The van der Waals surface area contributed by atoms with Crippen LogP contribution in [-0.2, 0) is 11.3 Å². The van der Waals surface area contributed by atoms with Crippen molar-refractivity contribution in [3.8, 4) is 5.75 Å². The molecule has 2 unspecified atom stereocenters. The number of rotatable bonds is 5. The topological polar surface area (TPSA) is 67.6 Å². The van der Waals surface area contributed by atoms with Gasteiger partial charge in [0.1, 0.15) is 5.75 Å². The smallest absolute Gasteiger partial charge is 0.234 e. The summed E-state index contributed by atoms with van der Waals surface area (Å²) in [7, 11) is 1.64. The van der Waals surface area contributed by atoms with Crippen molar-refractivity contribution >= 4 is 5.91 Å². The lowest BCUT2D eigenvalue weighted by atomic mass is 9.94. The third-order valence-electron chi connectivity index (χ3n) is 4.14. The Hall–Kier alpha value is -1.59. The van der Waals surface area contributed by atoms with Crippen molar-refractivity contribution in [2.45, 2.75) is 25.9 Å². The SMILES string of the molecule is COc1ccccc1CNC(=O)CN1CCC(C)C(N)C1. The first-order chi connectivity index (χ1) is 10.1. The molecule has 0 spiro atoms. The van der Waals surface area contributed by atoms with E-state index in [9.17, 15) is 4.79 Å². The molecule has 5 heteroatoms. The maximum absolute atomic E-state index is 12.0. The van der Waals surface area contributed by atoms with Crippen LogP contribution in [0, 0.1) is 5.92 Å². The first-order valence-electron chi connectivity index (χ1n) is 7.46. The van der Waals surface area contributed by atoms with Gasteiger partial charge in [0, 0.05) is 24.7 Å². The number of nitrogens with two attached hydrogens (primary N) is 1. The van der Waals surface area contributed by atoms with Gasteiger partial charge in [-0.15, -0.1) is 0 Å². The van der Waals surface area contributed by atoms with E-state index in [1.54, 1.807) is 7.11 Å². The fourth-order valence-corrected chi connectivity index (χ4v) is 2.62. The number of hydrogen-bond donors (Lipinski definition) is 2. The van der Waals surface area contributed by atoms with Crippen LogP contribution >= 0.6 is 0 Å². The van der Waals surface area contributed by atoms with Crippen LogP contribution in [0.1, 0.15) is 18.9 Å². The quantitative estimate of drug-likeness (QED) is 0.848. The highest BCUT2D eigenvalue weighted by Gasteiger charge is 2.24. The molecular formula is C16H25N3O2. The van der Waals surface area contributed by atoms with Gasteiger partial charge in [0.25, 0.3) is 0 Å². The van der Waals surface area contributed by atoms with Gasteiger partial charge in [-0.05, 0) is 24.9 Å². The highest BCUT2D eigenvalue weighted by Crippen LogP contribution is 2.17. The van der Waals surface area contributed by atoms with Gasteiger partial charge in [0.2, 0.25) is 5.91 Å². The van der Waals surface area contributed by atoms with Crippen LogP contribution in [0.3, 0.4) is 0 Å². The van der Waals surface area contributed by atoms with Gasteiger partial charge < -0.3 is 15.8 Å². The summed E-state index contributed by atoms with van der Waals surface area (Å²) in [6, 6.07) is 7.88. The normalized spacial score (nSPS) is 22.8. The van der Waals surface area contributed by atoms with Crippen LogP contribution in [0.2, 0.25) is 0 Å². The van der Waals surface area contributed by atoms with E-state index in [2.05, 4.69) is 17.1 Å². The lowest BCUT2D eigenvalue weighted by molar-refractivity contribution is -0.122. The second kappa shape index (κ2) is 7.43. The number of para-hydroxylation sites is 1. The van der Waals surface area contributed by atoms with Gasteiger partial charge in [-0.2, -0.15) is 0 Å². The van der Waals surface area contributed by atoms with E-state index in [4.69, 9.17) is 10.5 Å². The summed E-state index contributed by atoms with van der Waals surface area (Å²) >= 11 is 0. The predicted molar refractivity (Wildman–Crippen MR) is 83.0 cm³/mol. The molecule has 1 aromatic carbocycles. The van der Waals surface area contributed by atoms with Crippen LogP contribution in [-0.4, -0.2) is 43.6 Å². The maximum Gasteiger partial charge on any atom is 0.234 e. The Bertz CT molecular complexity index is 478. The number of ether oxygens (including phenoxy) is 1. The third-order valence-corrected chi connectivity index (χ3v) is 4.14. The van der Waals surface area contributed by atoms with E-state index in [0.717, 1.165) is 30.8 Å². The lowest BCUT2D eigenvalue weighted by Gasteiger charge is -2.34. The summed E-state index contributed by atoms with van der Waals surface area (Å²) in [5.74, 6) is 1.37. The van der Waals surface area contributed by atoms with Crippen molar-refractivity contribution in [2.24, 2.45) is 11.7 Å². The zero-order chi connectivity index (χ0) is 15.2. The molecule has 1 heterocycles.